The smallest absolute Gasteiger partial charge is 0.416 e. The van der Waals surface area contributed by atoms with Crippen molar-refractivity contribution in [1.29, 1.82) is 0 Å². The normalized spacial score (nSPS) is 13.7. The summed E-state index contributed by atoms with van der Waals surface area (Å²) in [5.74, 6) is -1.57. The van der Waals surface area contributed by atoms with Gasteiger partial charge in [0.2, 0.25) is 6.54 Å². The molecule has 0 bridgehead atoms. The van der Waals surface area contributed by atoms with Gasteiger partial charge in [0, 0.05) is 11.0 Å². The highest BCUT2D eigenvalue weighted by Gasteiger charge is 2.32. The first-order valence-electron chi connectivity index (χ1n) is 9.50. The summed E-state index contributed by atoms with van der Waals surface area (Å²) >= 11 is 0. The molecular formula is C22H22F3NO5. The molecule has 31 heavy (non-hydrogen) atoms. The molecule has 0 fully saturated rings. The molecule has 0 aliphatic heterocycles. The van der Waals surface area contributed by atoms with E-state index in [1.165, 1.54) is 18.2 Å². The molecule has 166 valence electrons. The lowest BCUT2D eigenvalue weighted by Gasteiger charge is -2.23. The zero-order chi connectivity index (χ0) is 22.9. The van der Waals surface area contributed by atoms with Crippen molar-refractivity contribution >= 4 is 5.97 Å². The number of esters is 1. The molecule has 0 unspecified atom stereocenters. The molecule has 0 spiro atoms. The minimum absolute atomic E-state index is 0.0908. The molecule has 2 rings (SSSR count). The van der Waals surface area contributed by atoms with Crippen LogP contribution in [-0.4, -0.2) is 30.1 Å². The highest BCUT2D eigenvalue weighted by atomic mass is 19.4. The number of hydrogen-bond acceptors (Lipinski definition) is 5. The largest absolute Gasteiger partial charge is 0.463 e. The number of alkyl halides is 3. The maximum Gasteiger partial charge on any atom is 0.416 e. The zero-order valence-corrected chi connectivity index (χ0v) is 16.7. The third-order valence-corrected chi connectivity index (χ3v) is 4.40. The van der Waals surface area contributed by atoms with E-state index < -0.39 is 41.2 Å². The van der Waals surface area contributed by atoms with Crippen LogP contribution in [-0.2, 0) is 27.1 Å². The van der Waals surface area contributed by atoms with Gasteiger partial charge in [0.15, 0.2) is 0 Å². The standard InChI is InChI=1S/C22H22F3NO5/c1-2-30-21(27)13-12-20(31-15-16-6-4-3-5-7-16)19(14-26(28)29)17-8-10-18(11-9-17)22(23,24)25/h3-13,19-20H,2,14-15H2,1H3/b13-12+/t19-,20-/m1/s1. The number of carbonyl (C=O) groups is 1. The number of hydrogen-bond donors (Lipinski definition) is 0. The Labute approximate surface area is 177 Å². The summed E-state index contributed by atoms with van der Waals surface area (Å²) in [6.45, 7) is 1.27. The van der Waals surface area contributed by atoms with Gasteiger partial charge in [-0.15, -0.1) is 0 Å². The highest BCUT2D eigenvalue weighted by Crippen LogP contribution is 2.31. The highest BCUT2D eigenvalue weighted by molar-refractivity contribution is 5.82. The minimum atomic E-state index is -4.52. The van der Waals surface area contributed by atoms with Gasteiger partial charge >= 0.3 is 12.1 Å². The monoisotopic (exact) mass is 437 g/mol. The molecule has 0 saturated heterocycles. The van der Waals surface area contributed by atoms with Crippen molar-refractivity contribution in [2.75, 3.05) is 13.2 Å². The van der Waals surface area contributed by atoms with Crippen LogP contribution in [0.25, 0.3) is 0 Å². The van der Waals surface area contributed by atoms with Gasteiger partial charge in [-0.3, -0.25) is 10.1 Å². The second kappa shape index (κ2) is 11.3. The van der Waals surface area contributed by atoms with Crippen molar-refractivity contribution in [3.05, 3.63) is 93.6 Å². The van der Waals surface area contributed by atoms with Crippen LogP contribution in [0.15, 0.2) is 66.7 Å². The number of nitro groups is 1. The summed E-state index contributed by atoms with van der Waals surface area (Å²) in [5, 5.41) is 11.3. The fourth-order valence-corrected chi connectivity index (χ4v) is 2.92. The molecule has 0 aliphatic rings. The molecule has 0 N–H and O–H groups in total. The number of nitrogens with zero attached hydrogens (tertiary/aromatic N) is 1. The Balaban J connectivity index is 2.34. The van der Waals surface area contributed by atoms with E-state index in [1.807, 2.05) is 6.07 Å². The Morgan fingerprint density at radius 2 is 1.77 bits per heavy atom. The van der Waals surface area contributed by atoms with Gasteiger partial charge in [-0.25, -0.2) is 4.79 Å². The average Bonchev–Trinajstić information content (AvgIpc) is 2.73. The molecule has 0 heterocycles. The topological polar surface area (TPSA) is 78.7 Å². The van der Waals surface area contributed by atoms with Gasteiger partial charge in [-0.1, -0.05) is 42.5 Å². The fourth-order valence-electron chi connectivity index (χ4n) is 2.92. The number of rotatable bonds is 10. The summed E-state index contributed by atoms with van der Waals surface area (Å²) in [7, 11) is 0. The molecule has 0 aromatic heterocycles. The van der Waals surface area contributed by atoms with Crippen molar-refractivity contribution in [3.63, 3.8) is 0 Å². The molecule has 9 heteroatoms. The minimum Gasteiger partial charge on any atom is -0.463 e. The second-order valence-electron chi connectivity index (χ2n) is 6.61. The number of ether oxygens (including phenoxy) is 2. The van der Waals surface area contributed by atoms with E-state index in [-0.39, 0.29) is 18.8 Å². The molecule has 2 atom stereocenters. The lowest BCUT2D eigenvalue weighted by molar-refractivity contribution is -0.485. The van der Waals surface area contributed by atoms with Crippen LogP contribution in [0.1, 0.15) is 29.5 Å². The Bertz CT molecular complexity index is 882. The molecule has 2 aromatic carbocycles. The third kappa shape index (κ3) is 7.86. The van der Waals surface area contributed by atoms with E-state index in [0.29, 0.717) is 0 Å². The maximum absolute atomic E-state index is 12.9. The molecule has 6 nitrogen and oxygen atoms in total. The summed E-state index contributed by atoms with van der Waals surface area (Å²) in [6.07, 6.45) is -3.03. The van der Waals surface area contributed by atoms with E-state index in [9.17, 15) is 28.1 Å². The summed E-state index contributed by atoms with van der Waals surface area (Å²) in [4.78, 5) is 22.4. The molecule has 2 aromatic rings. The van der Waals surface area contributed by atoms with Gasteiger partial charge < -0.3 is 9.47 Å². The number of halogens is 3. The second-order valence-corrected chi connectivity index (χ2v) is 6.61. The van der Waals surface area contributed by atoms with Crippen LogP contribution in [0.5, 0.6) is 0 Å². The summed E-state index contributed by atoms with van der Waals surface area (Å²) < 4.78 is 49.3. The van der Waals surface area contributed by atoms with E-state index >= 15 is 0 Å². The van der Waals surface area contributed by atoms with Crippen molar-refractivity contribution in [1.82, 2.24) is 0 Å². The molecule has 0 amide bonds. The lowest BCUT2D eigenvalue weighted by atomic mass is 9.92. The predicted octanol–water partition coefficient (Wildman–Crippen LogP) is 4.77. The summed E-state index contributed by atoms with van der Waals surface area (Å²) in [6, 6.07) is 13.1. The van der Waals surface area contributed by atoms with Gasteiger partial charge in [-0.2, -0.15) is 13.2 Å². The average molecular weight is 437 g/mol. The Morgan fingerprint density at radius 3 is 2.32 bits per heavy atom. The van der Waals surface area contributed by atoms with Crippen LogP contribution < -0.4 is 0 Å². The number of benzene rings is 2. The van der Waals surface area contributed by atoms with Crippen LogP contribution in [0, 0.1) is 10.1 Å². The predicted molar refractivity (Wildman–Crippen MR) is 107 cm³/mol. The van der Waals surface area contributed by atoms with Crippen LogP contribution in [0.3, 0.4) is 0 Å². The fraction of sp³-hybridized carbons (Fsp3) is 0.318. The molecular weight excluding hydrogens is 415 g/mol. The van der Waals surface area contributed by atoms with Crippen molar-refractivity contribution in [2.24, 2.45) is 0 Å². The van der Waals surface area contributed by atoms with Gasteiger partial charge in [0.05, 0.1) is 30.8 Å². The zero-order valence-electron chi connectivity index (χ0n) is 16.7. The maximum atomic E-state index is 12.9. The van der Waals surface area contributed by atoms with Gasteiger partial charge in [0.25, 0.3) is 0 Å². The van der Waals surface area contributed by atoms with Gasteiger partial charge in [-0.05, 0) is 36.3 Å². The van der Waals surface area contributed by atoms with Crippen molar-refractivity contribution in [2.45, 2.75) is 31.7 Å². The first-order valence-corrected chi connectivity index (χ1v) is 9.50. The van der Waals surface area contributed by atoms with Crippen molar-refractivity contribution in [3.8, 4) is 0 Å². The Kier molecular flexibility index (Phi) is 8.75. The van der Waals surface area contributed by atoms with Crippen LogP contribution in [0.4, 0.5) is 13.2 Å². The summed E-state index contributed by atoms with van der Waals surface area (Å²) in [5.41, 5.74) is 0.223. The molecule has 0 aliphatic carbocycles. The first kappa shape index (κ1) is 24.1. The lowest BCUT2D eigenvalue weighted by Crippen LogP contribution is -2.27. The van der Waals surface area contributed by atoms with Gasteiger partial charge in [0.1, 0.15) is 0 Å². The van der Waals surface area contributed by atoms with Crippen molar-refractivity contribution < 1.29 is 32.4 Å². The first-order chi connectivity index (χ1) is 14.7. The SMILES string of the molecule is CCOC(=O)/C=C/[C@@H](OCc1ccccc1)[C@H](C[N+](=O)[O-])c1ccc(C(F)(F)F)cc1. The molecule has 0 radical (unpaired) electrons. The van der Waals surface area contributed by atoms with E-state index in [0.717, 1.165) is 23.8 Å². The van der Waals surface area contributed by atoms with E-state index in [4.69, 9.17) is 9.47 Å². The Hall–Kier alpha value is -3.20. The number of carbonyl (C=O) groups excluding carboxylic acids is 1. The Morgan fingerprint density at radius 1 is 1.13 bits per heavy atom. The quantitative estimate of drug-likeness (QED) is 0.232. The van der Waals surface area contributed by atoms with E-state index in [1.54, 1.807) is 31.2 Å². The van der Waals surface area contributed by atoms with Crippen LogP contribution in [0.2, 0.25) is 0 Å². The third-order valence-electron chi connectivity index (χ3n) is 4.40. The molecule has 0 saturated carbocycles. The van der Waals surface area contributed by atoms with Crippen LogP contribution >= 0.6 is 0 Å². The van der Waals surface area contributed by atoms with E-state index in [2.05, 4.69) is 0 Å².